The molecular formula is C18H26N6O. The number of nitrogens with zero attached hydrogens (tertiary/aromatic N) is 3. The summed E-state index contributed by atoms with van der Waals surface area (Å²) in [5, 5.41) is 13.3. The second-order valence-corrected chi connectivity index (χ2v) is 5.85. The summed E-state index contributed by atoms with van der Waals surface area (Å²) in [6.45, 7) is 4.10. The SMILES string of the molecule is CCNC(=NCc1ccn[nH]1)NCCc1cccc(C(=O)N(C)C)c1. The van der Waals surface area contributed by atoms with Gasteiger partial charge in [-0.1, -0.05) is 12.1 Å². The van der Waals surface area contributed by atoms with Gasteiger partial charge in [-0.3, -0.25) is 9.89 Å². The van der Waals surface area contributed by atoms with Gasteiger partial charge in [-0.05, 0) is 37.1 Å². The molecule has 0 fully saturated rings. The summed E-state index contributed by atoms with van der Waals surface area (Å²) in [6, 6.07) is 9.64. The van der Waals surface area contributed by atoms with Gasteiger partial charge in [0, 0.05) is 38.9 Å². The van der Waals surface area contributed by atoms with Crippen LogP contribution in [0.5, 0.6) is 0 Å². The number of guanidine groups is 1. The molecule has 1 aromatic carbocycles. The predicted molar refractivity (Wildman–Crippen MR) is 99.6 cm³/mol. The zero-order chi connectivity index (χ0) is 18.1. The number of carbonyl (C=O) groups excluding carboxylic acids is 1. The summed E-state index contributed by atoms with van der Waals surface area (Å²) in [6.07, 6.45) is 2.52. The fourth-order valence-corrected chi connectivity index (χ4v) is 2.32. The summed E-state index contributed by atoms with van der Waals surface area (Å²) in [5.41, 5.74) is 2.79. The normalized spacial score (nSPS) is 11.2. The lowest BCUT2D eigenvalue weighted by Crippen LogP contribution is -2.38. The Bertz CT molecular complexity index is 693. The highest BCUT2D eigenvalue weighted by Gasteiger charge is 2.08. The Labute approximate surface area is 148 Å². The van der Waals surface area contributed by atoms with E-state index in [1.807, 2.05) is 37.3 Å². The van der Waals surface area contributed by atoms with Crippen molar-refractivity contribution in [2.45, 2.75) is 19.9 Å². The molecule has 0 saturated carbocycles. The summed E-state index contributed by atoms with van der Waals surface area (Å²) in [5.74, 6) is 0.780. The number of hydrogen-bond donors (Lipinski definition) is 3. The average molecular weight is 342 g/mol. The van der Waals surface area contributed by atoms with Crippen LogP contribution in [0.15, 0.2) is 41.5 Å². The van der Waals surface area contributed by atoms with Gasteiger partial charge in [0.15, 0.2) is 5.96 Å². The minimum atomic E-state index is 0.0178. The van der Waals surface area contributed by atoms with E-state index in [1.54, 1.807) is 25.2 Å². The minimum Gasteiger partial charge on any atom is -0.357 e. The second kappa shape index (κ2) is 9.46. The molecule has 0 aliphatic heterocycles. The van der Waals surface area contributed by atoms with Crippen molar-refractivity contribution in [2.75, 3.05) is 27.2 Å². The molecule has 0 saturated heterocycles. The van der Waals surface area contributed by atoms with Crippen LogP contribution in [0.1, 0.15) is 28.5 Å². The van der Waals surface area contributed by atoms with Gasteiger partial charge < -0.3 is 15.5 Å². The van der Waals surface area contributed by atoms with Gasteiger partial charge in [0.25, 0.3) is 5.91 Å². The lowest BCUT2D eigenvalue weighted by Gasteiger charge is -2.13. The smallest absolute Gasteiger partial charge is 0.253 e. The monoisotopic (exact) mass is 342 g/mol. The highest BCUT2D eigenvalue weighted by atomic mass is 16.2. The van der Waals surface area contributed by atoms with E-state index in [2.05, 4.69) is 25.8 Å². The van der Waals surface area contributed by atoms with Crippen molar-refractivity contribution >= 4 is 11.9 Å². The van der Waals surface area contributed by atoms with Crippen LogP contribution in [0.3, 0.4) is 0 Å². The van der Waals surface area contributed by atoms with Crippen LogP contribution in [-0.2, 0) is 13.0 Å². The van der Waals surface area contributed by atoms with E-state index < -0.39 is 0 Å². The molecule has 7 nitrogen and oxygen atoms in total. The third-order valence-corrected chi connectivity index (χ3v) is 3.60. The topological polar surface area (TPSA) is 85.4 Å². The van der Waals surface area contributed by atoms with Crippen molar-refractivity contribution in [1.82, 2.24) is 25.7 Å². The molecule has 1 amide bonds. The molecule has 7 heteroatoms. The zero-order valence-corrected chi connectivity index (χ0v) is 15.0. The Hall–Kier alpha value is -2.83. The molecule has 0 spiro atoms. The van der Waals surface area contributed by atoms with Crippen LogP contribution >= 0.6 is 0 Å². The third kappa shape index (κ3) is 5.95. The Morgan fingerprint density at radius 2 is 2.12 bits per heavy atom. The van der Waals surface area contributed by atoms with Gasteiger partial charge in [0.2, 0.25) is 0 Å². The number of nitrogens with one attached hydrogen (secondary N) is 3. The predicted octanol–water partition coefficient (Wildman–Crippen LogP) is 1.41. The molecule has 2 aromatic rings. The number of amides is 1. The van der Waals surface area contributed by atoms with Crippen molar-refractivity contribution in [1.29, 1.82) is 0 Å². The van der Waals surface area contributed by atoms with E-state index in [0.717, 1.165) is 36.7 Å². The zero-order valence-electron chi connectivity index (χ0n) is 15.0. The van der Waals surface area contributed by atoms with E-state index >= 15 is 0 Å². The van der Waals surface area contributed by atoms with Crippen LogP contribution in [0.25, 0.3) is 0 Å². The van der Waals surface area contributed by atoms with Gasteiger partial charge in [0.05, 0.1) is 12.2 Å². The van der Waals surface area contributed by atoms with E-state index in [1.165, 1.54) is 0 Å². The molecule has 0 unspecified atom stereocenters. The number of aliphatic imine (C=N–C) groups is 1. The van der Waals surface area contributed by atoms with Crippen molar-refractivity contribution < 1.29 is 4.79 Å². The summed E-state index contributed by atoms with van der Waals surface area (Å²) in [4.78, 5) is 18.1. The van der Waals surface area contributed by atoms with Gasteiger partial charge in [-0.25, -0.2) is 4.99 Å². The van der Waals surface area contributed by atoms with E-state index in [4.69, 9.17) is 0 Å². The molecular weight excluding hydrogens is 316 g/mol. The van der Waals surface area contributed by atoms with Gasteiger partial charge in [0.1, 0.15) is 0 Å². The molecule has 1 aromatic heterocycles. The van der Waals surface area contributed by atoms with Gasteiger partial charge in [-0.2, -0.15) is 5.10 Å². The van der Waals surface area contributed by atoms with Crippen LogP contribution in [0.2, 0.25) is 0 Å². The summed E-state index contributed by atoms with van der Waals surface area (Å²) < 4.78 is 0. The van der Waals surface area contributed by atoms with Crippen molar-refractivity contribution in [2.24, 2.45) is 4.99 Å². The molecule has 2 rings (SSSR count). The van der Waals surface area contributed by atoms with Crippen LogP contribution < -0.4 is 10.6 Å². The van der Waals surface area contributed by atoms with Crippen molar-refractivity contribution in [3.63, 3.8) is 0 Å². The van der Waals surface area contributed by atoms with Crippen LogP contribution in [-0.4, -0.2) is 54.1 Å². The molecule has 0 radical (unpaired) electrons. The van der Waals surface area contributed by atoms with Gasteiger partial charge >= 0.3 is 0 Å². The van der Waals surface area contributed by atoms with Crippen molar-refractivity contribution in [3.05, 3.63) is 53.3 Å². The Kier molecular flexibility index (Phi) is 7.00. The largest absolute Gasteiger partial charge is 0.357 e. The first-order chi connectivity index (χ1) is 12.1. The molecule has 134 valence electrons. The fraction of sp³-hybridized carbons (Fsp3) is 0.389. The molecule has 0 aliphatic carbocycles. The first kappa shape index (κ1) is 18.5. The third-order valence-electron chi connectivity index (χ3n) is 3.60. The number of hydrogen-bond acceptors (Lipinski definition) is 3. The van der Waals surface area contributed by atoms with E-state index in [9.17, 15) is 4.79 Å². The maximum absolute atomic E-state index is 12.0. The van der Waals surface area contributed by atoms with E-state index in [0.29, 0.717) is 12.1 Å². The number of rotatable bonds is 7. The minimum absolute atomic E-state index is 0.0178. The van der Waals surface area contributed by atoms with Crippen LogP contribution in [0, 0.1) is 0 Å². The van der Waals surface area contributed by atoms with E-state index in [-0.39, 0.29) is 5.91 Å². The first-order valence-electron chi connectivity index (χ1n) is 8.41. The molecule has 0 aliphatic rings. The Morgan fingerprint density at radius 3 is 2.80 bits per heavy atom. The number of aromatic nitrogens is 2. The quantitative estimate of drug-likeness (QED) is 0.525. The molecule has 0 atom stereocenters. The summed E-state index contributed by atoms with van der Waals surface area (Å²) >= 11 is 0. The lowest BCUT2D eigenvalue weighted by atomic mass is 10.1. The average Bonchev–Trinajstić information content (AvgIpc) is 3.12. The molecule has 0 bridgehead atoms. The highest BCUT2D eigenvalue weighted by Crippen LogP contribution is 2.07. The first-order valence-corrected chi connectivity index (χ1v) is 8.41. The molecule has 1 heterocycles. The Balaban J connectivity index is 1.90. The molecule has 25 heavy (non-hydrogen) atoms. The maximum Gasteiger partial charge on any atom is 0.253 e. The Morgan fingerprint density at radius 1 is 1.28 bits per heavy atom. The van der Waals surface area contributed by atoms with Crippen LogP contribution in [0.4, 0.5) is 0 Å². The number of benzene rings is 1. The lowest BCUT2D eigenvalue weighted by molar-refractivity contribution is 0.0827. The van der Waals surface area contributed by atoms with Crippen molar-refractivity contribution in [3.8, 4) is 0 Å². The number of carbonyl (C=O) groups is 1. The fourth-order valence-electron chi connectivity index (χ4n) is 2.32. The second-order valence-electron chi connectivity index (χ2n) is 5.85. The number of H-pyrrole nitrogens is 1. The standard InChI is InChI=1S/C18H26N6O/c1-4-19-18(21-13-16-9-11-22-23-16)20-10-8-14-6-5-7-15(12-14)17(25)24(2)3/h5-7,9,11-12H,4,8,10,13H2,1-3H3,(H,22,23)(H2,19,20,21). The maximum atomic E-state index is 12.0. The number of aromatic amines is 1. The van der Waals surface area contributed by atoms with Gasteiger partial charge in [-0.15, -0.1) is 0 Å². The summed E-state index contributed by atoms with van der Waals surface area (Å²) in [7, 11) is 3.52. The molecule has 3 N–H and O–H groups in total. The highest BCUT2D eigenvalue weighted by molar-refractivity contribution is 5.94.